The lowest BCUT2D eigenvalue weighted by atomic mass is 10.1. The molecule has 0 saturated heterocycles. The van der Waals surface area contributed by atoms with Gasteiger partial charge in [-0.15, -0.1) is 10.2 Å². The average Bonchev–Trinajstić information content (AvgIpc) is 3.22. The highest BCUT2D eigenvalue weighted by Gasteiger charge is 2.15. The van der Waals surface area contributed by atoms with Crippen molar-refractivity contribution in [3.8, 4) is 28.7 Å². The highest BCUT2D eigenvalue weighted by molar-refractivity contribution is 5.57. The maximum absolute atomic E-state index is 5.66. The van der Waals surface area contributed by atoms with Crippen molar-refractivity contribution in [1.82, 2.24) is 10.2 Å². The summed E-state index contributed by atoms with van der Waals surface area (Å²) < 4.78 is 21.9. The number of hydrogen-bond acceptors (Lipinski definition) is 6. The third-order valence-electron chi connectivity index (χ3n) is 3.55. The zero-order valence-corrected chi connectivity index (χ0v) is 12.5. The van der Waals surface area contributed by atoms with Crippen LogP contribution in [0.25, 0.3) is 11.5 Å². The summed E-state index contributed by atoms with van der Waals surface area (Å²) in [6.45, 7) is 2.43. The summed E-state index contributed by atoms with van der Waals surface area (Å²) >= 11 is 0. The Bertz CT molecular complexity index is 844. The Morgan fingerprint density at radius 2 is 1.91 bits per heavy atom. The molecular formula is C17H14N2O4. The van der Waals surface area contributed by atoms with Crippen molar-refractivity contribution in [2.75, 3.05) is 6.79 Å². The summed E-state index contributed by atoms with van der Waals surface area (Å²) in [5, 5.41) is 8.10. The zero-order valence-electron chi connectivity index (χ0n) is 12.5. The number of benzene rings is 2. The Labute approximate surface area is 132 Å². The minimum Gasteiger partial charge on any atom is -0.484 e. The van der Waals surface area contributed by atoms with Crippen LogP contribution in [-0.2, 0) is 6.61 Å². The van der Waals surface area contributed by atoms with Crippen molar-refractivity contribution in [3.05, 3.63) is 53.9 Å². The number of fused-ring (bicyclic) bond motifs is 1. The highest BCUT2D eigenvalue weighted by Crippen LogP contribution is 2.35. The first-order valence-corrected chi connectivity index (χ1v) is 7.20. The van der Waals surface area contributed by atoms with E-state index in [1.165, 1.54) is 0 Å². The van der Waals surface area contributed by atoms with E-state index in [-0.39, 0.29) is 13.4 Å². The molecule has 0 aliphatic carbocycles. The van der Waals surface area contributed by atoms with E-state index in [0.717, 1.165) is 16.9 Å². The molecule has 0 unspecified atom stereocenters. The highest BCUT2D eigenvalue weighted by atomic mass is 16.7. The van der Waals surface area contributed by atoms with Gasteiger partial charge >= 0.3 is 0 Å². The average molecular weight is 310 g/mol. The molecule has 0 atom stereocenters. The summed E-state index contributed by atoms with van der Waals surface area (Å²) in [6, 6.07) is 13.3. The molecule has 0 fully saturated rings. The van der Waals surface area contributed by atoms with Gasteiger partial charge < -0.3 is 18.6 Å². The fourth-order valence-corrected chi connectivity index (χ4v) is 2.35. The summed E-state index contributed by atoms with van der Waals surface area (Å²) in [7, 11) is 0. The largest absolute Gasteiger partial charge is 0.484 e. The molecule has 3 aromatic rings. The number of nitrogens with zero attached hydrogens (tertiary/aromatic N) is 2. The van der Waals surface area contributed by atoms with E-state index >= 15 is 0 Å². The van der Waals surface area contributed by atoms with Crippen LogP contribution >= 0.6 is 0 Å². The minimum atomic E-state index is 0.193. The summed E-state index contributed by atoms with van der Waals surface area (Å²) in [5.74, 6) is 2.96. The van der Waals surface area contributed by atoms with Crippen molar-refractivity contribution in [2.45, 2.75) is 13.5 Å². The summed E-state index contributed by atoms with van der Waals surface area (Å²) in [4.78, 5) is 0. The van der Waals surface area contributed by atoms with Gasteiger partial charge in [0.15, 0.2) is 18.1 Å². The topological polar surface area (TPSA) is 66.6 Å². The van der Waals surface area contributed by atoms with Crippen LogP contribution in [0.15, 0.2) is 46.9 Å². The van der Waals surface area contributed by atoms with Crippen LogP contribution in [0.2, 0.25) is 0 Å². The van der Waals surface area contributed by atoms with Gasteiger partial charge in [0, 0.05) is 11.6 Å². The summed E-state index contributed by atoms with van der Waals surface area (Å²) in [6.07, 6.45) is 0. The molecule has 1 aromatic heterocycles. The van der Waals surface area contributed by atoms with Crippen LogP contribution in [0.3, 0.4) is 0 Å². The molecule has 0 bridgehead atoms. The van der Waals surface area contributed by atoms with E-state index in [1.54, 1.807) is 6.07 Å². The Kier molecular flexibility index (Phi) is 3.34. The Morgan fingerprint density at radius 1 is 1.04 bits per heavy atom. The zero-order chi connectivity index (χ0) is 15.6. The maximum atomic E-state index is 5.66. The molecule has 6 nitrogen and oxygen atoms in total. The molecule has 116 valence electrons. The van der Waals surface area contributed by atoms with Crippen molar-refractivity contribution < 1.29 is 18.6 Å². The first-order chi connectivity index (χ1) is 11.3. The molecule has 6 heteroatoms. The first-order valence-electron chi connectivity index (χ1n) is 7.20. The van der Waals surface area contributed by atoms with Crippen LogP contribution in [0.5, 0.6) is 17.2 Å². The van der Waals surface area contributed by atoms with E-state index < -0.39 is 0 Å². The van der Waals surface area contributed by atoms with Crippen LogP contribution in [-0.4, -0.2) is 17.0 Å². The van der Waals surface area contributed by atoms with E-state index in [2.05, 4.69) is 10.2 Å². The molecule has 2 aromatic carbocycles. The van der Waals surface area contributed by atoms with Gasteiger partial charge in [-0.1, -0.05) is 18.2 Å². The maximum Gasteiger partial charge on any atom is 0.254 e. The lowest BCUT2D eigenvalue weighted by Gasteiger charge is -2.04. The second kappa shape index (κ2) is 5.64. The third kappa shape index (κ3) is 2.70. The number of aromatic nitrogens is 2. The molecule has 2 heterocycles. The van der Waals surface area contributed by atoms with Gasteiger partial charge in [-0.2, -0.15) is 0 Å². The Morgan fingerprint density at radius 3 is 2.83 bits per heavy atom. The SMILES string of the molecule is Cc1ccccc1-c1nnc(COc2ccc3c(c2)OCO3)o1. The number of rotatable bonds is 4. The van der Waals surface area contributed by atoms with E-state index in [1.807, 2.05) is 43.3 Å². The molecule has 1 aliphatic rings. The molecule has 0 spiro atoms. The van der Waals surface area contributed by atoms with Crippen molar-refractivity contribution in [1.29, 1.82) is 0 Å². The third-order valence-corrected chi connectivity index (χ3v) is 3.55. The molecule has 4 rings (SSSR count). The minimum absolute atomic E-state index is 0.193. The predicted octanol–water partition coefficient (Wildman–Crippen LogP) is 3.35. The van der Waals surface area contributed by atoms with Crippen LogP contribution < -0.4 is 14.2 Å². The summed E-state index contributed by atoms with van der Waals surface area (Å²) in [5.41, 5.74) is 2.01. The van der Waals surface area contributed by atoms with Gasteiger partial charge in [-0.05, 0) is 30.7 Å². The van der Waals surface area contributed by atoms with Crippen LogP contribution in [0, 0.1) is 6.92 Å². The van der Waals surface area contributed by atoms with Crippen LogP contribution in [0.4, 0.5) is 0 Å². The standard InChI is InChI=1S/C17H14N2O4/c1-11-4-2-3-5-13(11)17-19-18-16(23-17)9-20-12-6-7-14-15(8-12)22-10-21-14/h2-8H,9-10H2,1H3. The van der Waals surface area contributed by atoms with E-state index in [9.17, 15) is 0 Å². The molecule has 0 saturated carbocycles. The second-order valence-corrected chi connectivity index (χ2v) is 5.12. The number of hydrogen-bond donors (Lipinski definition) is 0. The van der Waals surface area contributed by atoms with Gasteiger partial charge in [0.1, 0.15) is 5.75 Å². The fourth-order valence-electron chi connectivity index (χ4n) is 2.35. The van der Waals surface area contributed by atoms with Gasteiger partial charge in [0.25, 0.3) is 5.89 Å². The monoisotopic (exact) mass is 310 g/mol. The molecular weight excluding hydrogens is 296 g/mol. The lowest BCUT2D eigenvalue weighted by molar-refractivity contribution is 0.173. The molecule has 1 aliphatic heterocycles. The molecule has 0 N–H and O–H groups in total. The molecule has 0 radical (unpaired) electrons. The molecule has 0 amide bonds. The quantitative estimate of drug-likeness (QED) is 0.736. The Hall–Kier alpha value is -3.02. The predicted molar refractivity (Wildman–Crippen MR) is 81.4 cm³/mol. The normalized spacial score (nSPS) is 12.4. The number of aryl methyl sites for hydroxylation is 1. The van der Waals surface area contributed by atoms with Gasteiger partial charge in [0.05, 0.1) is 0 Å². The van der Waals surface area contributed by atoms with E-state index in [4.69, 9.17) is 18.6 Å². The number of ether oxygens (including phenoxy) is 3. The van der Waals surface area contributed by atoms with E-state index in [0.29, 0.717) is 23.3 Å². The smallest absolute Gasteiger partial charge is 0.254 e. The Balaban J connectivity index is 1.47. The van der Waals surface area contributed by atoms with Crippen molar-refractivity contribution >= 4 is 0 Å². The van der Waals surface area contributed by atoms with Gasteiger partial charge in [-0.25, -0.2) is 0 Å². The van der Waals surface area contributed by atoms with Crippen LogP contribution in [0.1, 0.15) is 11.5 Å². The molecule has 23 heavy (non-hydrogen) atoms. The van der Waals surface area contributed by atoms with Crippen molar-refractivity contribution in [3.63, 3.8) is 0 Å². The second-order valence-electron chi connectivity index (χ2n) is 5.12. The lowest BCUT2D eigenvalue weighted by Crippen LogP contribution is -1.95. The fraction of sp³-hybridized carbons (Fsp3) is 0.176. The van der Waals surface area contributed by atoms with Gasteiger partial charge in [-0.3, -0.25) is 0 Å². The van der Waals surface area contributed by atoms with Gasteiger partial charge in [0.2, 0.25) is 12.7 Å². The van der Waals surface area contributed by atoms with Crippen molar-refractivity contribution in [2.24, 2.45) is 0 Å². The first kappa shape index (κ1) is 13.6.